The lowest BCUT2D eigenvalue weighted by molar-refractivity contribution is 0.102. The minimum atomic E-state index is -0.295. The number of pyridine rings is 1. The molecule has 3 heterocycles. The number of amides is 1. The second-order valence-electron chi connectivity index (χ2n) is 8.99. The molecule has 0 saturated heterocycles. The van der Waals surface area contributed by atoms with E-state index in [-0.39, 0.29) is 12.7 Å². The van der Waals surface area contributed by atoms with E-state index in [0.29, 0.717) is 38.8 Å². The normalized spacial score (nSPS) is 11.9. The van der Waals surface area contributed by atoms with E-state index in [9.17, 15) is 10.1 Å². The minimum Gasteiger partial charge on any atom is -0.454 e. The van der Waals surface area contributed by atoms with Gasteiger partial charge in [-0.15, -0.1) is 11.3 Å². The fraction of sp³-hybridized carbons (Fsp3) is 0.129. The van der Waals surface area contributed by atoms with Crippen molar-refractivity contribution in [1.29, 1.82) is 5.26 Å². The molecule has 0 atom stereocenters. The Hall–Kier alpha value is -4.67. The minimum absolute atomic E-state index is 0.184. The summed E-state index contributed by atoms with van der Waals surface area (Å²) in [5.41, 5.74) is 6.17. The van der Waals surface area contributed by atoms with Gasteiger partial charge >= 0.3 is 0 Å². The lowest BCUT2D eigenvalue weighted by atomic mass is 10.00. The highest BCUT2D eigenvalue weighted by atomic mass is 32.1. The Kier molecular flexibility index (Phi) is 6.02. The number of nitriles is 1. The van der Waals surface area contributed by atoms with Crippen molar-refractivity contribution in [2.45, 2.75) is 20.3 Å². The van der Waals surface area contributed by atoms with Gasteiger partial charge in [-0.1, -0.05) is 49.4 Å². The Bertz CT molecular complexity index is 1750. The SMILES string of the molecule is CCc1ccc(-c2c(C)sc(NC(=O)c3cc(-c4ccc5c(c4)OCO5)nc4ccccc34)c2C#N)cc1. The largest absolute Gasteiger partial charge is 0.454 e. The summed E-state index contributed by atoms with van der Waals surface area (Å²) in [6, 6.07) is 25.5. The molecule has 0 fully saturated rings. The summed E-state index contributed by atoms with van der Waals surface area (Å²) < 4.78 is 11.0. The van der Waals surface area contributed by atoms with Crippen molar-refractivity contribution in [3.05, 3.63) is 94.4 Å². The van der Waals surface area contributed by atoms with Crippen LogP contribution < -0.4 is 14.8 Å². The third-order valence-corrected chi connectivity index (χ3v) is 7.72. The highest BCUT2D eigenvalue weighted by molar-refractivity contribution is 7.17. The van der Waals surface area contributed by atoms with Crippen molar-refractivity contribution in [1.82, 2.24) is 4.98 Å². The maximum atomic E-state index is 13.7. The predicted molar refractivity (Wildman–Crippen MR) is 150 cm³/mol. The van der Waals surface area contributed by atoms with Crippen LogP contribution in [0.1, 0.15) is 33.3 Å². The molecule has 6 rings (SSSR count). The van der Waals surface area contributed by atoms with Crippen molar-refractivity contribution < 1.29 is 14.3 Å². The molecule has 0 bridgehead atoms. The van der Waals surface area contributed by atoms with Crippen LogP contribution >= 0.6 is 11.3 Å². The molecule has 1 N–H and O–H groups in total. The van der Waals surface area contributed by atoms with Crippen molar-refractivity contribution in [2.24, 2.45) is 0 Å². The Balaban J connectivity index is 1.40. The molecule has 5 aromatic rings. The van der Waals surface area contributed by atoms with Crippen LogP contribution in [-0.2, 0) is 6.42 Å². The van der Waals surface area contributed by atoms with Crippen LogP contribution in [0.5, 0.6) is 11.5 Å². The number of ether oxygens (including phenoxy) is 2. The number of aromatic nitrogens is 1. The Morgan fingerprint density at radius 1 is 1.03 bits per heavy atom. The molecule has 0 radical (unpaired) electrons. The first-order valence-corrected chi connectivity index (χ1v) is 13.1. The summed E-state index contributed by atoms with van der Waals surface area (Å²) in [4.78, 5) is 19.5. The molecular formula is C31H23N3O3S. The van der Waals surface area contributed by atoms with Gasteiger partial charge in [0.2, 0.25) is 6.79 Å². The third-order valence-electron chi connectivity index (χ3n) is 6.70. The predicted octanol–water partition coefficient (Wildman–Crippen LogP) is 7.35. The van der Waals surface area contributed by atoms with Gasteiger partial charge in [0.1, 0.15) is 11.1 Å². The van der Waals surface area contributed by atoms with Gasteiger partial charge in [0.05, 0.1) is 22.3 Å². The van der Waals surface area contributed by atoms with Crippen molar-refractivity contribution in [2.75, 3.05) is 12.1 Å². The summed E-state index contributed by atoms with van der Waals surface area (Å²) in [6.07, 6.45) is 0.948. The average molecular weight is 518 g/mol. The van der Waals surface area contributed by atoms with Gasteiger partial charge in [-0.3, -0.25) is 4.79 Å². The summed E-state index contributed by atoms with van der Waals surface area (Å²) in [5.74, 6) is 1.04. The lowest BCUT2D eigenvalue weighted by Crippen LogP contribution is -2.13. The molecule has 7 heteroatoms. The zero-order chi connectivity index (χ0) is 26.2. The highest BCUT2D eigenvalue weighted by Crippen LogP contribution is 2.40. The molecule has 0 unspecified atom stereocenters. The Morgan fingerprint density at radius 3 is 2.58 bits per heavy atom. The number of aryl methyl sites for hydroxylation is 2. The average Bonchev–Trinajstić information content (AvgIpc) is 3.55. The summed E-state index contributed by atoms with van der Waals surface area (Å²) in [7, 11) is 0. The van der Waals surface area contributed by atoms with E-state index in [1.165, 1.54) is 16.9 Å². The first-order chi connectivity index (χ1) is 18.6. The van der Waals surface area contributed by atoms with Gasteiger partial charge in [0, 0.05) is 21.4 Å². The number of anilines is 1. The summed E-state index contributed by atoms with van der Waals surface area (Å²) in [5, 5.41) is 14.4. The Morgan fingerprint density at radius 2 is 1.79 bits per heavy atom. The van der Waals surface area contributed by atoms with Crippen LogP contribution in [0, 0.1) is 18.3 Å². The van der Waals surface area contributed by atoms with E-state index in [1.807, 2.05) is 61.5 Å². The number of fused-ring (bicyclic) bond motifs is 2. The molecule has 1 amide bonds. The summed E-state index contributed by atoms with van der Waals surface area (Å²) >= 11 is 1.41. The fourth-order valence-corrected chi connectivity index (χ4v) is 5.75. The fourth-order valence-electron chi connectivity index (χ4n) is 4.73. The first-order valence-electron chi connectivity index (χ1n) is 12.3. The van der Waals surface area contributed by atoms with Gasteiger partial charge < -0.3 is 14.8 Å². The number of rotatable bonds is 5. The summed E-state index contributed by atoms with van der Waals surface area (Å²) in [6.45, 7) is 4.27. The maximum absolute atomic E-state index is 13.7. The molecule has 1 aliphatic rings. The van der Waals surface area contributed by atoms with Crippen LogP contribution in [0.2, 0.25) is 0 Å². The van der Waals surface area contributed by atoms with E-state index in [2.05, 4.69) is 30.4 Å². The second kappa shape index (κ2) is 9.66. The van der Waals surface area contributed by atoms with E-state index in [0.717, 1.165) is 33.4 Å². The highest BCUT2D eigenvalue weighted by Gasteiger charge is 2.22. The zero-order valence-electron chi connectivity index (χ0n) is 20.9. The molecule has 0 saturated carbocycles. The third kappa shape index (κ3) is 4.15. The monoisotopic (exact) mass is 517 g/mol. The molecule has 0 spiro atoms. The number of para-hydroxylation sites is 1. The molecule has 1 aliphatic heterocycles. The van der Waals surface area contributed by atoms with Crippen LogP contribution in [0.3, 0.4) is 0 Å². The van der Waals surface area contributed by atoms with Crippen LogP contribution in [0.15, 0.2) is 72.8 Å². The standard InChI is InChI=1S/C31H23N3O3S/c1-3-19-8-10-20(11-9-19)29-18(2)38-31(24(29)16-32)34-30(35)23-15-26(33-25-7-5-4-6-22(23)25)21-12-13-27-28(14-21)37-17-36-27/h4-15H,3,17H2,1-2H3,(H,34,35). The molecule has 2 aromatic heterocycles. The quantitative estimate of drug-likeness (QED) is 0.263. The molecule has 186 valence electrons. The Labute approximate surface area is 224 Å². The van der Waals surface area contributed by atoms with E-state index < -0.39 is 0 Å². The first kappa shape index (κ1) is 23.7. The number of carbonyl (C=O) groups excluding carboxylic acids is 1. The van der Waals surface area contributed by atoms with Crippen LogP contribution in [0.25, 0.3) is 33.3 Å². The number of thiophene rings is 1. The maximum Gasteiger partial charge on any atom is 0.257 e. The van der Waals surface area contributed by atoms with Gasteiger partial charge in [-0.05, 0) is 54.8 Å². The van der Waals surface area contributed by atoms with Gasteiger partial charge in [0.25, 0.3) is 5.91 Å². The van der Waals surface area contributed by atoms with Crippen molar-refractivity contribution >= 4 is 33.1 Å². The molecule has 38 heavy (non-hydrogen) atoms. The van der Waals surface area contributed by atoms with Crippen LogP contribution in [-0.4, -0.2) is 17.7 Å². The smallest absolute Gasteiger partial charge is 0.257 e. The lowest BCUT2D eigenvalue weighted by Gasteiger charge is -2.11. The van der Waals surface area contributed by atoms with Crippen molar-refractivity contribution in [3.63, 3.8) is 0 Å². The molecule has 6 nitrogen and oxygen atoms in total. The van der Waals surface area contributed by atoms with Gasteiger partial charge in [-0.25, -0.2) is 4.98 Å². The molecular weight excluding hydrogens is 494 g/mol. The topological polar surface area (TPSA) is 84.2 Å². The van der Waals surface area contributed by atoms with Crippen LogP contribution in [0.4, 0.5) is 5.00 Å². The van der Waals surface area contributed by atoms with E-state index in [4.69, 9.17) is 14.5 Å². The zero-order valence-corrected chi connectivity index (χ0v) is 21.7. The van der Waals surface area contributed by atoms with Gasteiger partial charge in [0.15, 0.2) is 11.5 Å². The van der Waals surface area contributed by atoms with E-state index >= 15 is 0 Å². The number of hydrogen-bond acceptors (Lipinski definition) is 6. The van der Waals surface area contributed by atoms with Crippen molar-refractivity contribution in [3.8, 4) is 40.0 Å². The van der Waals surface area contributed by atoms with E-state index in [1.54, 1.807) is 6.07 Å². The number of carbonyl (C=O) groups is 1. The molecule has 3 aromatic carbocycles. The number of nitrogens with zero attached hydrogens (tertiary/aromatic N) is 2. The number of hydrogen-bond donors (Lipinski definition) is 1. The molecule has 0 aliphatic carbocycles. The number of nitrogens with one attached hydrogen (secondary N) is 1. The second-order valence-corrected chi connectivity index (χ2v) is 10.2. The number of benzene rings is 3. The van der Waals surface area contributed by atoms with Gasteiger partial charge in [-0.2, -0.15) is 5.26 Å².